The molecular weight excluding hydrogens is 430 g/mol. The molecule has 0 aliphatic rings. The molecule has 1 rings (SSSR count). The lowest BCUT2D eigenvalue weighted by Crippen LogP contribution is -2.10. The van der Waals surface area contributed by atoms with Crippen LogP contribution in [0.15, 0.2) is 10.3 Å². The van der Waals surface area contributed by atoms with Crippen LogP contribution in [0.3, 0.4) is 0 Å². The molecule has 1 heterocycles. The van der Waals surface area contributed by atoms with Gasteiger partial charge >= 0.3 is 5.97 Å². The van der Waals surface area contributed by atoms with Crippen LogP contribution >= 0.6 is 23.1 Å². The van der Waals surface area contributed by atoms with Crippen molar-refractivity contribution in [3.8, 4) is 0 Å². The first kappa shape index (κ1) is 26.1. The Labute approximate surface area is 184 Å². The number of hydrogen-bond acceptors (Lipinski definition) is 5. The highest BCUT2D eigenvalue weighted by atomic mass is 32.2. The maximum atomic E-state index is 12.2. The van der Waals surface area contributed by atoms with Crippen molar-refractivity contribution in [2.45, 2.75) is 82.4 Å². The standard InChI is InChI=1S/C20H33NO5S3/c1-16-15-28-20(19(16)27-13-10-12-18(23)24)21-17(22)11-8-6-4-2-3-5-7-9-14-29(25)26/h15H,2-14H2,1H3,(H,21,22)(H,23,24)(H,25,26). The van der Waals surface area contributed by atoms with Crippen molar-refractivity contribution in [1.29, 1.82) is 0 Å². The molecule has 0 aliphatic carbocycles. The number of unbranched alkanes of at least 4 members (excludes halogenated alkanes) is 7. The number of hydrogen-bond donors (Lipinski definition) is 3. The monoisotopic (exact) mass is 463 g/mol. The Kier molecular flexibility index (Phi) is 14.3. The molecule has 3 N–H and O–H groups in total. The first-order valence-corrected chi connectivity index (χ1v) is 13.3. The molecule has 0 saturated carbocycles. The van der Waals surface area contributed by atoms with Gasteiger partial charge in [0.1, 0.15) is 5.00 Å². The zero-order chi connectivity index (χ0) is 21.5. The van der Waals surface area contributed by atoms with Gasteiger partial charge in [0.15, 0.2) is 11.1 Å². The molecular formula is C20H33NO5S3. The largest absolute Gasteiger partial charge is 0.481 e. The minimum atomic E-state index is -1.66. The van der Waals surface area contributed by atoms with Gasteiger partial charge in [-0.3, -0.25) is 9.59 Å². The Morgan fingerprint density at radius 3 is 2.28 bits per heavy atom. The third kappa shape index (κ3) is 13.1. The molecule has 0 aliphatic heterocycles. The highest BCUT2D eigenvalue weighted by molar-refractivity contribution is 7.99. The quantitative estimate of drug-likeness (QED) is 0.156. The van der Waals surface area contributed by atoms with Gasteiger partial charge in [0, 0.05) is 23.5 Å². The Balaban J connectivity index is 2.14. The number of aliphatic carboxylic acids is 1. The summed E-state index contributed by atoms with van der Waals surface area (Å²) >= 11 is 1.47. The van der Waals surface area contributed by atoms with Gasteiger partial charge in [-0.05, 0) is 42.9 Å². The molecule has 6 nitrogen and oxygen atoms in total. The van der Waals surface area contributed by atoms with Crippen molar-refractivity contribution >= 4 is 51.1 Å². The van der Waals surface area contributed by atoms with Crippen molar-refractivity contribution in [2.75, 3.05) is 16.8 Å². The smallest absolute Gasteiger partial charge is 0.303 e. The Morgan fingerprint density at radius 1 is 1.03 bits per heavy atom. The second-order valence-corrected chi connectivity index (χ2v) is 10.1. The zero-order valence-electron chi connectivity index (χ0n) is 17.1. The van der Waals surface area contributed by atoms with Crippen LogP contribution < -0.4 is 5.32 Å². The average Bonchev–Trinajstić information content (AvgIpc) is 2.99. The van der Waals surface area contributed by atoms with Crippen molar-refractivity contribution in [3.63, 3.8) is 0 Å². The summed E-state index contributed by atoms with van der Waals surface area (Å²) in [5.74, 6) is 0.364. The van der Waals surface area contributed by atoms with E-state index >= 15 is 0 Å². The lowest BCUT2D eigenvalue weighted by atomic mass is 10.1. The van der Waals surface area contributed by atoms with Gasteiger partial charge in [-0.25, -0.2) is 4.21 Å². The number of anilines is 1. The van der Waals surface area contributed by atoms with E-state index in [-0.39, 0.29) is 12.3 Å². The second kappa shape index (κ2) is 15.9. The molecule has 29 heavy (non-hydrogen) atoms. The molecule has 9 heteroatoms. The predicted octanol–water partition coefficient (Wildman–Crippen LogP) is 5.68. The fraction of sp³-hybridized carbons (Fsp3) is 0.700. The Hall–Kier alpha value is -0.900. The van der Waals surface area contributed by atoms with E-state index < -0.39 is 17.0 Å². The van der Waals surface area contributed by atoms with Crippen LogP contribution in [-0.4, -0.2) is 37.3 Å². The molecule has 0 aromatic carbocycles. The first-order valence-electron chi connectivity index (χ1n) is 10.2. The van der Waals surface area contributed by atoms with Crippen LogP contribution in [0.2, 0.25) is 0 Å². The predicted molar refractivity (Wildman–Crippen MR) is 122 cm³/mol. The summed E-state index contributed by atoms with van der Waals surface area (Å²) < 4.78 is 19.2. The van der Waals surface area contributed by atoms with E-state index in [0.29, 0.717) is 18.6 Å². The van der Waals surface area contributed by atoms with Gasteiger partial charge in [0.2, 0.25) is 5.91 Å². The van der Waals surface area contributed by atoms with Gasteiger partial charge in [-0.15, -0.1) is 23.1 Å². The number of amides is 1. The van der Waals surface area contributed by atoms with Crippen LogP contribution in [0.4, 0.5) is 5.00 Å². The third-order valence-corrected chi connectivity index (χ3v) is 7.51. The molecule has 0 fully saturated rings. The van der Waals surface area contributed by atoms with Crippen LogP contribution in [0, 0.1) is 6.92 Å². The fourth-order valence-corrected chi connectivity index (χ4v) is 5.52. The molecule has 1 atom stereocenters. The second-order valence-electron chi connectivity index (χ2n) is 7.07. The van der Waals surface area contributed by atoms with E-state index in [1.54, 1.807) is 11.8 Å². The number of carboxylic acids is 1. The highest BCUT2D eigenvalue weighted by Crippen LogP contribution is 2.37. The van der Waals surface area contributed by atoms with Crippen LogP contribution in [0.25, 0.3) is 0 Å². The molecule has 1 amide bonds. The molecule has 0 saturated heterocycles. The normalized spacial score (nSPS) is 12.1. The molecule has 1 unspecified atom stereocenters. The van der Waals surface area contributed by atoms with E-state index in [1.165, 1.54) is 11.3 Å². The molecule has 166 valence electrons. The van der Waals surface area contributed by atoms with Gasteiger partial charge in [0.05, 0.1) is 0 Å². The number of thiophene rings is 1. The third-order valence-electron chi connectivity index (χ3n) is 4.43. The fourth-order valence-electron chi connectivity index (χ4n) is 2.86. The van der Waals surface area contributed by atoms with E-state index in [4.69, 9.17) is 9.66 Å². The van der Waals surface area contributed by atoms with Gasteiger partial charge in [-0.1, -0.05) is 38.5 Å². The van der Waals surface area contributed by atoms with Crippen molar-refractivity contribution < 1.29 is 23.5 Å². The first-order chi connectivity index (χ1) is 13.9. The van der Waals surface area contributed by atoms with Gasteiger partial charge in [-0.2, -0.15) is 0 Å². The maximum absolute atomic E-state index is 12.2. The van der Waals surface area contributed by atoms with Gasteiger partial charge in [0.25, 0.3) is 0 Å². The van der Waals surface area contributed by atoms with Crippen molar-refractivity contribution in [2.24, 2.45) is 0 Å². The molecule has 1 aromatic heterocycles. The van der Waals surface area contributed by atoms with Crippen LogP contribution in [0.5, 0.6) is 0 Å². The van der Waals surface area contributed by atoms with Crippen LogP contribution in [-0.2, 0) is 20.7 Å². The number of thioether (sulfide) groups is 1. The van der Waals surface area contributed by atoms with E-state index in [1.807, 2.05) is 12.3 Å². The Morgan fingerprint density at radius 2 is 1.66 bits per heavy atom. The number of carbonyl (C=O) groups is 2. The minimum Gasteiger partial charge on any atom is -0.481 e. The summed E-state index contributed by atoms with van der Waals surface area (Å²) in [5, 5.41) is 14.6. The van der Waals surface area contributed by atoms with Crippen molar-refractivity contribution in [1.82, 2.24) is 0 Å². The lowest BCUT2D eigenvalue weighted by Gasteiger charge is -2.07. The SMILES string of the molecule is Cc1csc(NC(=O)CCCCCCCCCCS(=O)O)c1SCCCC(=O)O. The number of carbonyl (C=O) groups excluding carboxylic acids is 1. The van der Waals surface area contributed by atoms with E-state index in [0.717, 1.165) is 72.6 Å². The van der Waals surface area contributed by atoms with Gasteiger partial charge < -0.3 is 15.0 Å². The average molecular weight is 464 g/mol. The summed E-state index contributed by atoms with van der Waals surface area (Å²) in [5.41, 5.74) is 1.12. The molecule has 0 bridgehead atoms. The minimum absolute atomic E-state index is 0.0382. The summed E-state index contributed by atoms with van der Waals surface area (Å²) in [6, 6.07) is 0. The zero-order valence-corrected chi connectivity index (χ0v) is 19.6. The summed E-state index contributed by atoms with van der Waals surface area (Å²) in [4.78, 5) is 23.9. The number of carboxylic acid groups (broad SMARTS) is 1. The summed E-state index contributed by atoms with van der Waals surface area (Å²) in [6.07, 6.45) is 9.52. The topological polar surface area (TPSA) is 104 Å². The summed E-state index contributed by atoms with van der Waals surface area (Å²) in [6.45, 7) is 2.01. The lowest BCUT2D eigenvalue weighted by molar-refractivity contribution is -0.137. The molecule has 1 aromatic rings. The number of rotatable bonds is 17. The Bertz CT molecular complexity index is 648. The molecule has 0 radical (unpaired) electrons. The highest BCUT2D eigenvalue weighted by Gasteiger charge is 2.12. The van der Waals surface area contributed by atoms with Crippen molar-refractivity contribution in [3.05, 3.63) is 10.9 Å². The van der Waals surface area contributed by atoms with E-state index in [2.05, 4.69) is 5.32 Å². The summed E-state index contributed by atoms with van der Waals surface area (Å²) in [7, 11) is 0. The molecule has 0 spiro atoms. The number of aryl methyl sites for hydroxylation is 1. The number of nitrogens with one attached hydrogen (secondary N) is 1. The van der Waals surface area contributed by atoms with E-state index in [9.17, 15) is 13.8 Å². The maximum Gasteiger partial charge on any atom is 0.303 e. The van der Waals surface area contributed by atoms with Crippen LogP contribution in [0.1, 0.15) is 76.2 Å².